The largest absolute Gasteiger partial charge is 0.465 e. The van der Waals surface area contributed by atoms with E-state index in [-0.39, 0.29) is 5.97 Å². The normalized spacial score (nSPS) is 11.1. The highest BCUT2D eigenvalue weighted by atomic mass is 16.5. The van der Waals surface area contributed by atoms with Crippen LogP contribution in [-0.2, 0) is 17.8 Å². The molecule has 27 heavy (non-hydrogen) atoms. The quantitative estimate of drug-likeness (QED) is 0.591. The Labute approximate surface area is 157 Å². The van der Waals surface area contributed by atoms with E-state index < -0.39 is 0 Å². The van der Waals surface area contributed by atoms with Crippen molar-refractivity contribution in [3.05, 3.63) is 53.2 Å². The van der Waals surface area contributed by atoms with Crippen molar-refractivity contribution in [1.82, 2.24) is 24.8 Å². The maximum Gasteiger partial charge on any atom is 0.337 e. The number of aryl methyl sites for hydroxylation is 2. The van der Waals surface area contributed by atoms with Crippen LogP contribution in [0.15, 0.2) is 34.9 Å². The molecular formula is C19H23N5O3. The minimum absolute atomic E-state index is 0.375. The minimum Gasteiger partial charge on any atom is -0.465 e. The molecule has 0 spiro atoms. The molecule has 142 valence electrons. The number of nitrogens with zero attached hydrogens (tertiary/aromatic N) is 5. The summed E-state index contributed by atoms with van der Waals surface area (Å²) in [6, 6.07) is 8.96. The number of esters is 1. The van der Waals surface area contributed by atoms with Crippen LogP contribution in [0.25, 0.3) is 11.4 Å². The number of carbonyl (C=O) groups is 1. The first kappa shape index (κ1) is 18.8. The average molecular weight is 369 g/mol. The van der Waals surface area contributed by atoms with Crippen LogP contribution in [0, 0.1) is 13.8 Å². The zero-order valence-electron chi connectivity index (χ0n) is 16.0. The van der Waals surface area contributed by atoms with Crippen molar-refractivity contribution in [2.24, 2.45) is 0 Å². The van der Waals surface area contributed by atoms with E-state index in [1.165, 1.54) is 7.11 Å². The maximum atomic E-state index is 11.5. The lowest BCUT2D eigenvalue weighted by Gasteiger charge is -2.14. The highest BCUT2D eigenvalue weighted by molar-refractivity contribution is 5.89. The lowest BCUT2D eigenvalue weighted by molar-refractivity contribution is 0.0600. The Morgan fingerprint density at radius 2 is 2.00 bits per heavy atom. The molecule has 0 atom stereocenters. The number of ether oxygens (including phenoxy) is 1. The van der Waals surface area contributed by atoms with E-state index in [1.807, 2.05) is 18.7 Å². The van der Waals surface area contributed by atoms with Crippen LogP contribution in [0.5, 0.6) is 0 Å². The monoisotopic (exact) mass is 369 g/mol. The van der Waals surface area contributed by atoms with Crippen molar-refractivity contribution >= 4 is 5.97 Å². The van der Waals surface area contributed by atoms with Gasteiger partial charge in [0.1, 0.15) is 0 Å². The van der Waals surface area contributed by atoms with Gasteiger partial charge in [0.25, 0.3) is 0 Å². The molecule has 8 nitrogen and oxygen atoms in total. The SMILES string of the molecule is COC(=O)c1ccc(-c2noc(CN(C)CCn3nc(C)cc3C)n2)cc1. The summed E-state index contributed by atoms with van der Waals surface area (Å²) in [4.78, 5) is 18.0. The van der Waals surface area contributed by atoms with E-state index in [4.69, 9.17) is 9.26 Å². The fraction of sp³-hybridized carbons (Fsp3) is 0.368. The summed E-state index contributed by atoms with van der Waals surface area (Å²) < 4.78 is 12.0. The molecule has 0 saturated heterocycles. The van der Waals surface area contributed by atoms with Crippen molar-refractivity contribution in [2.75, 3.05) is 20.7 Å². The first-order valence-electron chi connectivity index (χ1n) is 8.67. The van der Waals surface area contributed by atoms with Crippen LogP contribution < -0.4 is 0 Å². The van der Waals surface area contributed by atoms with Gasteiger partial charge in [-0.15, -0.1) is 0 Å². The predicted molar refractivity (Wildman–Crippen MR) is 99.1 cm³/mol. The number of aromatic nitrogens is 4. The summed E-state index contributed by atoms with van der Waals surface area (Å²) >= 11 is 0. The van der Waals surface area contributed by atoms with E-state index in [0.717, 1.165) is 30.0 Å². The van der Waals surface area contributed by atoms with Crippen LogP contribution in [0.2, 0.25) is 0 Å². The number of hydrogen-bond donors (Lipinski definition) is 0. The Hall–Kier alpha value is -3.00. The van der Waals surface area contributed by atoms with Gasteiger partial charge in [0.2, 0.25) is 11.7 Å². The molecule has 2 heterocycles. The molecule has 0 radical (unpaired) electrons. The fourth-order valence-electron chi connectivity index (χ4n) is 2.79. The van der Waals surface area contributed by atoms with Gasteiger partial charge < -0.3 is 9.26 Å². The van der Waals surface area contributed by atoms with E-state index in [2.05, 4.69) is 33.1 Å². The molecule has 8 heteroatoms. The molecular weight excluding hydrogens is 346 g/mol. The first-order chi connectivity index (χ1) is 13.0. The Morgan fingerprint density at radius 3 is 2.63 bits per heavy atom. The second-order valence-corrected chi connectivity index (χ2v) is 6.47. The van der Waals surface area contributed by atoms with E-state index in [1.54, 1.807) is 24.3 Å². The second-order valence-electron chi connectivity index (χ2n) is 6.47. The lowest BCUT2D eigenvalue weighted by Crippen LogP contribution is -2.23. The molecule has 0 N–H and O–H groups in total. The number of benzene rings is 1. The molecule has 0 aliphatic rings. The Balaban J connectivity index is 1.58. The van der Waals surface area contributed by atoms with Gasteiger partial charge >= 0.3 is 5.97 Å². The highest BCUT2D eigenvalue weighted by Gasteiger charge is 2.12. The van der Waals surface area contributed by atoms with E-state index in [0.29, 0.717) is 23.8 Å². The Bertz CT molecular complexity index is 914. The smallest absolute Gasteiger partial charge is 0.337 e. The molecule has 0 fully saturated rings. The number of carbonyl (C=O) groups excluding carboxylic acids is 1. The molecule has 0 amide bonds. The van der Waals surface area contributed by atoms with Gasteiger partial charge in [-0.05, 0) is 39.1 Å². The first-order valence-corrected chi connectivity index (χ1v) is 8.67. The van der Waals surface area contributed by atoms with Crippen molar-refractivity contribution in [2.45, 2.75) is 26.9 Å². The summed E-state index contributed by atoms with van der Waals surface area (Å²) in [5, 5.41) is 8.49. The Morgan fingerprint density at radius 1 is 1.26 bits per heavy atom. The molecule has 0 aliphatic heterocycles. The minimum atomic E-state index is -0.375. The summed E-state index contributed by atoms with van der Waals surface area (Å²) in [5.41, 5.74) is 3.43. The summed E-state index contributed by atoms with van der Waals surface area (Å²) in [6.45, 7) is 6.20. The van der Waals surface area contributed by atoms with Crippen molar-refractivity contribution < 1.29 is 14.1 Å². The van der Waals surface area contributed by atoms with Crippen LogP contribution in [-0.4, -0.2) is 51.5 Å². The zero-order chi connectivity index (χ0) is 19.4. The van der Waals surface area contributed by atoms with Gasteiger partial charge in [-0.1, -0.05) is 17.3 Å². The van der Waals surface area contributed by atoms with Crippen LogP contribution >= 0.6 is 0 Å². The van der Waals surface area contributed by atoms with Gasteiger partial charge in [0.05, 0.1) is 31.5 Å². The van der Waals surface area contributed by atoms with Crippen molar-refractivity contribution in [3.8, 4) is 11.4 Å². The van der Waals surface area contributed by atoms with E-state index in [9.17, 15) is 4.79 Å². The molecule has 2 aromatic heterocycles. The van der Waals surface area contributed by atoms with Crippen molar-refractivity contribution in [1.29, 1.82) is 0 Å². The third-order valence-corrected chi connectivity index (χ3v) is 4.23. The van der Waals surface area contributed by atoms with Gasteiger partial charge in [-0.25, -0.2) is 4.79 Å². The molecule has 3 rings (SSSR count). The number of hydrogen-bond acceptors (Lipinski definition) is 7. The second kappa shape index (κ2) is 8.13. The topological polar surface area (TPSA) is 86.3 Å². The molecule has 0 saturated carbocycles. The average Bonchev–Trinajstić information content (AvgIpc) is 3.25. The molecule has 3 aromatic rings. The van der Waals surface area contributed by atoms with Gasteiger partial charge in [-0.2, -0.15) is 10.1 Å². The van der Waals surface area contributed by atoms with Crippen LogP contribution in [0.3, 0.4) is 0 Å². The van der Waals surface area contributed by atoms with Crippen molar-refractivity contribution in [3.63, 3.8) is 0 Å². The Kier molecular flexibility index (Phi) is 5.66. The number of rotatable bonds is 7. The summed E-state index contributed by atoms with van der Waals surface area (Å²) in [7, 11) is 3.35. The summed E-state index contributed by atoms with van der Waals surface area (Å²) in [6.07, 6.45) is 0. The molecule has 0 bridgehead atoms. The standard InChI is InChI=1S/C19H23N5O3/c1-13-11-14(2)24(21-13)10-9-23(3)12-17-20-18(22-27-17)15-5-7-16(8-6-15)19(25)26-4/h5-8,11H,9-10,12H2,1-4H3. The number of methoxy groups -OCH3 is 1. The van der Waals surface area contributed by atoms with Gasteiger partial charge in [0, 0.05) is 17.8 Å². The highest BCUT2D eigenvalue weighted by Crippen LogP contribution is 2.17. The third-order valence-electron chi connectivity index (χ3n) is 4.23. The number of likely N-dealkylation sites (N-methyl/N-ethyl adjacent to an activating group) is 1. The maximum absolute atomic E-state index is 11.5. The molecule has 1 aromatic carbocycles. The predicted octanol–water partition coefficient (Wildman–Crippen LogP) is 2.47. The zero-order valence-corrected chi connectivity index (χ0v) is 16.0. The van der Waals surface area contributed by atoms with Gasteiger partial charge in [-0.3, -0.25) is 9.58 Å². The molecule has 0 aliphatic carbocycles. The van der Waals surface area contributed by atoms with Gasteiger partial charge in [0.15, 0.2) is 0 Å². The van der Waals surface area contributed by atoms with Crippen LogP contribution in [0.1, 0.15) is 27.6 Å². The fourth-order valence-corrected chi connectivity index (χ4v) is 2.79. The lowest BCUT2D eigenvalue weighted by atomic mass is 10.1. The summed E-state index contributed by atoms with van der Waals surface area (Å²) in [5.74, 6) is 0.658. The molecule has 0 unspecified atom stereocenters. The third kappa shape index (κ3) is 4.59. The van der Waals surface area contributed by atoms with E-state index >= 15 is 0 Å². The van der Waals surface area contributed by atoms with Crippen LogP contribution in [0.4, 0.5) is 0 Å².